The summed E-state index contributed by atoms with van der Waals surface area (Å²) < 4.78 is 5.41. The molecule has 2 aromatic rings. The Hall–Kier alpha value is -2.65. The van der Waals surface area contributed by atoms with Crippen LogP contribution in [0.25, 0.3) is 0 Å². The van der Waals surface area contributed by atoms with Crippen LogP contribution in [0.15, 0.2) is 39.9 Å². The molecule has 25 heavy (non-hydrogen) atoms. The molecule has 2 N–H and O–H groups in total. The number of rotatable bonds is 5. The van der Waals surface area contributed by atoms with Crippen LogP contribution < -0.4 is 10.2 Å². The summed E-state index contributed by atoms with van der Waals surface area (Å²) in [7, 11) is 1.40. The maximum atomic E-state index is 12.0. The van der Waals surface area contributed by atoms with Gasteiger partial charge in [0.05, 0.1) is 33.3 Å². The van der Waals surface area contributed by atoms with Crippen LogP contribution in [0.4, 0.5) is 5.69 Å². The van der Waals surface area contributed by atoms with E-state index in [1.54, 1.807) is 6.07 Å². The second-order valence-electron chi connectivity index (χ2n) is 4.67. The summed E-state index contributed by atoms with van der Waals surface area (Å²) >= 11 is 9.05. The lowest BCUT2D eigenvalue weighted by atomic mass is 10.2. The molecule has 0 unspecified atom stereocenters. The molecule has 0 fully saturated rings. The number of ether oxygens (including phenoxy) is 1. The fraction of sp³-hybridized carbons (Fsp3) is 0.0667. The Bertz CT molecular complexity index is 872. The molecule has 0 saturated carbocycles. The number of phenolic OH excluding ortho intramolecular Hbond substituents is 1. The normalized spacial score (nSPS) is 10.7. The summed E-state index contributed by atoms with van der Waals surface area (Å²) in [5.74, 6) is -0.442. The number of benzene rings is 2. The number of halogens is 2. The number of nitro benzene ring substituents is 1. The summed E-state index contributed by atoms with van der Waals surface area (Å²) in [4.78, 5) is 22.1. The molecule has 2 rings (SSSR count). The Kier molecular flexibility index (Phi) is 5.94. The molecule has 0 heterocycles. The van der Waals surface area contributed by atoms with Gasteiger partial charge in [-0.3, -0.25) is 14.9 Å². The van der Waals surface area contributed by atoms with E-state index in [0.717, 1.165) is 6.07 Å². The molecule has 10 heteroatoms. The molecule has 0 spiro atoms. The summed E-state index contributed by atoms with van der Waals surface area (Å²) in [6, 6.07) is 6.60. The first-order valence-corrected chi connectivity index (χ1v) is 7.84. The maximum absolute atomic E-state index is 12.0. The molecule has 0 saturated heterocycles. The number of carbonyl (C=O) groups is 1. The van der Waals surface area contributed by atoms with Crippen molar-refractivity contribution in [3.63, 3.8) is 0 Å². The summed E-state index contributed by atoms with van der Waals surface area (Å²) in [5.41, 5.74) is 2.65. The van der Waals surface area contributed by atoms with Gasteiger partial charge in [-0.1, -0.05) is 11.6 Å². The Morgan fingerprint density at radius 3 is 2.76 bits per heavy atom. The van der Waals surface area contributed by atoms with Gasteiger partial charge in [0.2, 0.25) is 0 Å². The zero-order valence-corrected chi connectivity index (χ0v) is 15.0. The predicted octanol–water partition coefficient (Wildman–Crippen LogP) is 3.49. The molecule has 0 aliphatic carbocycles. The summed E-state index contributed by atoms with van der Waals surface area (Å²) in [6.07, 6.45) is 1.34. The Morgan fingerprint density at radius 2 is 2.16 bits per heavy atom. The van der Waals surface area contributed by atoms with Gasteiger partial charge in [-0.2, -0.15) is 5.10 Å². The van der Waals surface area contributed by atoms with Crippen LogP contribution in [0.1, 0.15) is 15.9 Å². The van der Waals surface area contributed by atoms with Crippen molar-refractivity contribution in [1.82, 2.24) is 5.43 Å². The average molecular weight is 429 g/mol. The number of hydrogen-bond donors (Lipinski definition) is 2. The van der Waals surface area contributed by atoms with Crippen molar-refractivity contribution in [3.8, 4) is 11.5 Å². The molecule has 2 aromatic carbocycles. The van der Waals surface area contributed by atoms with Crippen LogP contribution in [0.2, 0.25) is 5.02 Å². The molecule has 130 valence electrons. The third kappa shape index (κ3) is 4.46. The molecule has 1 amide bonds. The van der Waals surface area contributed by atoms with E-state index in [-0.39, 0.29) is 27.8 Å². The number of hydrogen-bond acceptors (Lipinski definition) is 6. The van der Waals surface area contributed by atoms with E-state index in [1.165, 1.54) is 31.5 Å². The van der Waals surface area contributed by atoms with Gasteiger partial charge in [-0.05, 0) is 39.7 Å². The lowest BCUT2D eigenvalue weighted by Gasteiger charge is -2.06. The van der Waals surface area contributed by atoms with Gasteiger partial charge in [-0.15, -0.1) is 0 Å². The van der Waals surface area contributed by atoms with Crippen molar-refractivity contribution in [2.24, 2.45) is 5.10 Å². The van der Waals surface area contributed by atoms with E-state index in [1.807, 2.05) is 0 Å². The summed E-state index contributed by atoms with van der Waals surface area (Å²) in [5, 5.41) is 24.1. The molecule has 0 bridgehead atoms. The van der Waals surface area contributed by atoms with Crippen molar-refractivity contribution in [3.05, 3.63) is 61.1 Å². The largest absolute Gasteiger partial charge is 0.503 e. The average Bonchev–Trinajstić information content (AvgIpc) is 2.57. The van der Waals surface area contributed by atoms with Crippen LogP contribution in [0.5, 0.6) is 11.5 Å². The van der Waals surface area contributed by atoms with E-state index in [0.29, 0.717) is 10.0 Å². The van der Waals surface area contributed by atoms with Crippen LogP contribution in [-0.4, -0.2) is 29.3 Å². The van der Waals surface area contributed by atoms with E-state index in [9.17, 15) is 20.0 Å². The van der Waals surface area contributed by atoms with Crippen molar-refractivity contribution in [2.75, 3.05) is 7.11 Å². The van der Waals surface area contributed by atoms with E-state index in [4.69, 9.17) is 16.3 Å². The number of non-ortho nitro benzene ring substituents is 1. The van der Waals surface area contributed by atoms with Gasteiger partial charge in [0, 0.05) is 12.1 Å². The first-order chi connectivity index (χ1) is 11.8. The standard InChI is InChI=1S/C15H11BrClN3O5/c1-25-13-5-8(4-11(16)14(13)21)7-18-19-15(22)10-3-2-9(20(23)24)6-12(10)17/h2-7,21H,1H3,(H,19,22). The SMILES string of the molecule is COc1cc(C=NNC(=O)c2ccc([N+](=O)[O-])cc2Cl)cc(Br)c1O. The highest BCUT2D eigenvalue weighted by molar-refractivity contribution is 9.10. The molecular weight excluding hydrogens is 418 g/mol. The smallest absolute Gasteiger partial charge is 0.272 e. The Morgan fingerprint density at radius 1 is 1.44 bits per heavy atom. The second-order valence-corrected chi connectivity index (χ2v) is 5.94. The number of nitro groups is 1. The van der Waals surface area contributed by atoms with E-state index >= 15 is 0 Å². The number of methoxy groups -OCH3 is 1. The van der Waals surface area contributed by atoms with Crippen molar-refractivity contribution in [1.29, 1.82) is 0 Å². The first kappa shape index (κ1) is 18.7. The molecule has 0 aliphatic heterocycles. The maximum Gasteiger partial charge on any atom is 0.272 e. The van der Waals surface area contributed by atoms with Crippen LogP contribution in [-0.2, 0) is 0 Å². The highest BCUT2D eigenvalue weighted by atomic mass is 79.9. The van der Waals surface area contributed by atoms with Crippen LogP contribution >= 0.6 is 27.5 Å². The third-order valence-electron chi connectivity index (χ3n) is 3.06. The predicted molar refractivity (Wildman–Crippen MR) is 95.5 cm³/mol. The number of phenols is 1. The fourth-order valence-electron chi connectivity index (χ4n) is 1.85. The highest BCUT2D eigenvalue weighted by Crippen LogP contribution is 2.34. The minimum atomic E-state index is -0.624. The number of aromatic hydroxyl groups is 1. The Labute approximate surface area is 155 Å². The zero-order valence-electron chi connectivity index (χ0n) is 12.7. The lowest BCUT2D eigenvalue weighted by Crippen LogP contribution is -2.18. The van der Waals surface area contributed by atoms with Gasteiger partial charge in [-0.25, -0.2) is 5.43 Å². The monoisotopic (exact) mass is 427 g/mol. The van der Waals surface area contributed by atoms with Crippen molar-refractivity contribution < 1.29 is 19.6 Å². The van der Waals surface area contributed by atoms with Gasteiger partial charge < -0.3 is 9.84 Å². The molecule has 0 atom stereocenters. The zero-order chi connectivity index (χ0) is 18.6. The van der Waals surface area contributed by atoms with Gasteiger partial charge in [0.25, 0.3) is 11.6 Å². The number of carbonyl (C=O) groups excluding carboxylic acids is 1. The highest BCUT2D eigenvalue weighted by Gasteiger charge is 2.14. The quantitative estimate of drug-likeness (QED) is 0.430. The topological polar surface area (TPSA) is 114 Å². The Balaban J connectivity index is 2.13. The molecular formula is C15H11BrClN3O5. The summed E-state index contributed by atoms with van der Waals surface area (Å²) in [6.45, 7) is 0. The number of amides is 1. The number of hydrazone groups is 1. The van der Waals surface area contributed by atoms with Gasteiger partial charge in [0.15, 0.2) is 11.5 Å². The van der Waals surface area contributed by atoms with Crippen molar-refractivity contribution >= 4 is 45.3 Å². The van der Waals surface area contributed by atoms with Gasteiger partial charge in [0.1, 0.15) is 0 Å². The molecule has 0 aliphatic rings. The number of nitrogens with zero attached hydrogens (tertiary/aromatic N) is 2. The first-order valence-electron chi connectivity index (χ1n) is 6.67. The minimum absolute atomic E-state index is 0.0499. The number of nitrogens with one attached hydrogen (secondary N) is 1. The van der Waals surface area contributed by atoms with E-state index < -0.39 is 10.8 Å². The second kappa shape index (κ2) is 7.95. The molecule has 8 nitrogen and oxygen atoms in total. The van der Waals surface area contributed by atoms with Gasteiger partial charge >= 0.3 is 0 Å². The van der Waals surface area contributed by atoms with Crippen molar-refractivity contribution in [2.45, 2.75) is 0 Å². The molecule has 0 radical (unpaired) electrons. The van der Waals surface area contributed by atoms with Crippen LogP contribution in [0, 0.1) is 10.1 Å². The third-order valence-corrected chi connectivity index (χ3v) is 3.98. The lowest BCUT2D eigenvalue weighted by molar-refractivity contribution is -0.384. The fourth-order valence-corrected chi connectivity index (χ4v) is 2.57. The van der Waals surface area contributed by atoms with E-state index in [2.05, 4.69) is 26.5 Å². The molecule has 0 aromatic heterocycles. The minimum Gasteiger partial charge on any atom is -0.503 e. The van der Waals surface area contributed by atoms with Crippen LogP contribution in [0.3, 0.4) is 0 Å².